The number of aromatic nitrogens is 2. The first-order valence-corrected chi connectivity index (χ1v) is 13.0. The fraction of sp³-hybridized carbons (Fsp3) is 0.423. The van der Waals surface area contributed by atoms with Gasteiger partial charge in [-0.25, -0.2) is 9.97 Å². The van der Waals surface area contributed by atoms with Crippen molar-refractivity contribution in [3.63, 3.8) is 0 Å². The Morgan fingerprint density at radius 2 is 2.00 bits per heavy atom. The second-order valence-electron chi connectivity index (χ2n) is 8.73. The molecule has 4 rings (SSSR count). The van der Waals surface area contributed by atoms with E-state index in [1.807, 2.05) is 11.4 Å². The van der Waals surface area contributed by atoms with E-state index in [0.29, 0.717) is 23.6 Å². The number of hydrogen-bond donors (Lipinski definition) is 2. The first-order valence-electron chi connectivity index (χ1n) is 11.8. The summed E-state index contributed by atoms with van der Waals surface area (Å²) in [6, 6.07) is 10.9. The summed E-state index contributed by atoms with van der Waals surface area (Å²) < 4.78 is 5.05. The summed E-state index contributed by atoms with van der Waals surface area (Å²) in [4.78, 5) is 13.7. The van der Waals surface area contributed by atoms with Crippen LogP contribution in [0.25, 0.3) is 11.3 Å². The molecule has 8 heteroatoms. The van der Waals surface area contributed by atoms with E-state index in [1.54, 1.807) is 24.6 Å². The topological polar surface area (TPSA) is 71.4 Å². The molecule has 6 nitrogen and oxygen atoms in total. The summed E-state index contributed by atoms with van der Waals surface area (Å²) in [6.45, 7) is 4.26. The molecule has 0 aliphatic heterocycles. The lowest BCUT2D eigenvalue weighted by molar-refractivity contribution is 0.208. The second-order valence-corrected chi connectivity index (χ2v) is 10.00. The highest BCUT2D eigenvalue weighted by atomic mass is 35.5. The minimum Gasteiger partial charge on any atom is -0.383 e. The lowest BCUT2D eigenvalue weighted by Crippen LogP contribution is -2.27. The third-order valence-electron chi connectivity index (χ3n) is 6.06. The highest BCUT2D eigenvalue weighted by Gasteiger charge is 2.20. The zero-order valence-electron chi connectivity index (χ0n) is 19.8. The summed E-state index contributed by atoms with van der Waals surface area (Å²) in [5, 5.41) is 10.5. The molecule has 2 aromatic heterocycles. The lowest BCUT2D eigenvalue weighted by atomic mass is 9.87. The van der Waals surface area contributed by atoms with Crippen LogP contribution in [-0.4, -0.2) is 42.5 Å². The number of nitrogens with one attached hydrogen (secondary N) is 2. The first kappa shape index (κ1) is 24.6. The van der Waals surface area contributed by atoms with E-state index >= 15 is 0 Å². The molecule has 0 atom stereocenters. The van der Waals surface area contributed by atoms with E-state index < -0.39 is 0 Å². The highest BCUT2D eigenvalue weighted by molar-refractivity contribution is 7.14. The van der Waals surface area contributed by atoms with Gasteiger partial charge < -0.3 is 15.4 Å². The number of anilines is 2. The minimum atomic E-state index is 0.410. The molecule has 0 radical (unpaired) electrons. The molecule has 3 aromatic rings. The second kappa shape index (κ2) is 12.3. The van der Waals surface area contributed by atoms with Gasteiger partial charge >= 0.3 is 0 Å². The van der Waals surface area contributed by atoms with Crippen LogP contribution in [0.4, 0.5) is 10.9 Å². The fourth-order valence-corrected chi connectivity index (χ4v) is 4.98. The first-order chi connectivity index (χ1) is 16.6. The van der Waals surface area contributed by atoms with Crippen molar-refractivity contribution in [2.75, 3.05) is 30.9 Å². The summed E-state index contributed by atoms with van der Waals surface area (Å²) in [7, 11) is 1.71. The van der Waals surface area contributed by atoms with Crippen LogP contribution in [-0.2, 0) is 11.3 Å². The molecule has 1 aliphatic carbocycles. The molecule has 0 unspecified atom stereocenters. The molecule has 1 aromatic carbocycles. The van der Waals surface area contributed by atoms with Crippen molar-refractivity contribution in [3.05, 3.63) is 58.1 Å². The number of methoxy groups -OCH3 is 1. The van der Waals surface area contributed by atoms with Gasteiger partial charge in [0, 0.05) is 43.1 Å². The van der Waals surface area contributed by atoms with Crippen LogP contribution in [0, 0.1) is 12.8 Å². The molecule has 180 valence electrons. The SMILES string of the molecule is COCCN=CC1CCC(Nc2cc(-c3csc(NCc4ccc(C)cc4)n3)c(Cl)cn2)CC1. The number of ether oxygens (including phenoxy) is 1. The number of aryl methyl sites for hydroxylation is 1. The maximum absolute atomic E-state index is 6.49. The number of rotatable bonds is 10. The summed E-state index contributed by atoms with van der Waals surface area (Å²) in [5.41, 5.74) is 4.25. The fourth-order valence-electron chi connectivity index (χ4n) is 4.07. The van der Waals surface area contributed by atoms with Gasteiger partial charge in [-0.3, -0.25) is 4.99 Å². The maximum Gasteiger partial charge on any atom is 0.183 e. The normalized spacial score (nSPS) is 18.3. The molecular weight excluding hydrogens is 466 g/mol. The van der Waals surface area contributed by atoms with Gasteiger partial charge in [0.2, 0.25) is 0 Å². The van der Waals surface area contributed by atoms with Gasteiger partial charge in [0.1, 0.15) is 5.82 Å². The van der Waals surface area contributed by atoms with Gasteiger partial charge in [-0.1, -0.05) is 41.4 Å². The van der Waals surface area contributed by atoms with Crippen LogP contribution in [0.15, 0.2) is 46.9 Å². The average molecular weight is 498 g/mol. The third-order valence-corrected chi connectivity index (χ3v) is 7.17. The van der Waals surface area contributed by atoms with E-state index in [-0.39, 0.29) is 0 Å². The van der Waals surface area contributed by atoms with Crippen LogP contribution >= 0.6 is 22.9 Å². The van der Waals surface area contributed by atoms with Crippen molar-refractivity contribution in [1.82, 2.24) is 9.97 Å². The van der Waals surface area contributed by atoms with Crippen LogP contribution in [0.2, 0.25) is 5.02 Å². The molecule has 2 heterocycles. The Morgan fingerprint density at radius 3 is 2.76 bits per heavy atom. The molecule has 0 saturated heterocycles. The van der Waals surface area contributed by atoms with Crippen LogP contribution < -0.4 is 10.6 Å². The van der Waals surface area contributed by atoms with Gasteiger partial charge in [0.05, 0.1) is 23.9 Å². The van der Waals surface area contributed by atoms with E-state index in [0.717, 1.165) is 61.0 Å². The number of nitrogens with zero attached hydrogens (tertiary/aromatic N) is 3. The molecule has 1 saturated carbocycles. The van der Waals surface area contributed by atoms with Crippen LogP contribution in [0.1, 0.15) is 36.8 Å². The number of benzene rings is 1. The third kappa shape index (κ3) is 7.01. The Labute approximate surface area is 210 Å². The molecule has 0 bridgehead atoms. The van der Waals surface area contributed by atoms with Gasteiger partial charge in [0.25, 0.3) is 0 Å². The molecule has 34 heavy (non-hydrogen) atoms. The van der Waals surface area contributed by atoms with Crippen LogP contribution in [0.5, 0.6) is 0 Å². The maximum atomic E-state index is 6.49. The van der Waals surface area contributed by atoms with Gasteiger partial charge in [-0.15, -0.1) is 11.3 Å². The van der Waals surface area contributed by atoms with Crippen molar-refractivity contribution in [1.29, 1.82) is 0 Å². The Kier molecular flexibility index (Phi) is 8.91. The Balaban J connectivity index is 1.33. The van der Waals surface area contributed by atoms with Crippen molar-refractivity contribution in [2.45, 2.75) is 45.2 Å². The zero-order valence-corrected chi connectivity index (χ0v) is 21.3. The van der Waals surface area contributed by atoms with Crippen LogP contribution in [0.3, 0.4) is 0 Å². The van der Waals surface area contributed by atoms with E-state index in [9.17, 15) is 0 Å². The molecule has 2 N–H and O–H groups in total. The van der Waals surface area contributed by atoms with E-state index in [1.165, 1.54) is 11.1 Å². The van der Waals surface area contributed by atoms with E-state index in [2.05, 4.69) is 58.0 Å². The molecule has 1 fully saturated rings. The predicted octanol–water partition coefficient (Wildman–Crippen LogP) is 6.47. The Morgan fingerprint density at radius 1 is 1.21 bits per heavy atom. The molecular formula is C26H32ClN5OS. The zero-order chi connectivity index (χ0) is 23.8. The van der Waals surface area contributed by atoms with Gasteiger partial charge in [-0.05, 0) is 50.2 Å². The summed E-state index contributed by atoms with van der Waals surface area (Å²) in [5.74, 6) is 1.41. The van der Waals surface area contributed by atoms with E-state index in [4.69, 9.17) is 21.3 Å². The molecule has 0 spiro atoms. The molecule has 0 amide bonds. The van der Waals surface area contributed by atoms with Crippen molar-refractivity contribution >= 4 is 40.1 Å². The quantitative estimate of drug-likeness (QED) is 0.248. The van der Waals surface area contributed by atoms with Crippen molar-refractivity contribution in [2.24, 2.45) is 10.9 Å². The highest BCUT2D eigenvalue weighted by Crippen LogP contribution is 2.33. The van der Waals surface area contributed by atoms with Gasteiger partial charge in [-0.2, -0.15) is 0 Å². The minimum absolute atomic E-state index is 0.410. The largest absolute Gasteiger partial charge is 0.383 e. The standard InChI is InChI=1S/C26H32ClN5OS/c1-18-3-5-20(6-4-18)15-30-26-32-24(17-34-26)22-13-25(29-16-23(22)27)31-21-9-7-19(8-10-21)14-28-11-12-33-2/h3-6,13-14,16-17,19,21H,7-12,15H2,1-2H3,(H,29,31)(H,30,32). The van der Waals surface area contributed by atoms with Gasteiger partial charge in [0.15, 0.2) is 5.13 Å². The predicted molar refractivity (Wildman–Crippen MR) is 143 cm³/mol. The van der Waals surface area contributed by atoms with Crippen molar-refractivity contribution in [3.8, 4) is 11.3 Å². The number of thiazole rings is 1. The monoisotopic (exact) mass is 497 g/mol. The number of pyridine rings is 1. The number of halogens is 1. The Hall–Kier alpha value is -2.48. The molecule has 1 aliphatic rings. The van der Waals surface area contributed by atoms with Crippen molar-refractivity contribution < 1.29 is 4.74 Å². The Bertz CT molecular complexity index is 1080. The number of aliphatic imine (C=N–C) groups is 1. The lowest BCUT2D eigenvalue weighted by Gasteiger charge is -2.27. The smallest absolute Gasteiger partial charge is 0.183 e. The number of hydrogen-bond acceptors (Lipinski definition) is 7. The average Bonchev–Trinajstić information content (AvgIpc) is 3.32. The summed E-state index contributed by atoms with van der Waals surface area (Å²) in [6.07, 6.45) is 8.30. The summed E-state index contributed by atoms with van der Waals surface area (Å²) >= 11 is 8.08.